The lowest BCUT2D eigenvalue weighted by Gasteiger charge is -2.32. The summed E-state index contributed by atoms with van der Waals surface area (Å²) in [5, 5.41) is 3.62. The molecule has 0 aliphatic carbocycles. The van der Waals surface area contributed by atoms with Gasteiger partial charge in [0.05, 0.1) is 5.56 Å². The molecule has 1 aliphatic heterocycles. The van der Waals surface area contributed by atoms with Crippen LogP contribution < -0.4 is 11.1 Å². The SMILES string of the molecule is Nc1nc(NC2CCN(C(=O)c3ccncc3)CC2)sc1C(=O)c1c(F)cccc1F. The van der Waals surface area contributed by atoms with Crippen LogP contribution in [0.2, 0.25) is 0 Å². The molecule has 1 amide bonds. The number of ketones is 1. The monoisotopic (exact) mass is 443 g/mol. The molecule has 0 atom stereocenters. The highest BCUT2D eigenvalue weighted by atomic mass is 32.1. The van der Waals surface area contributed by atoms with Crippen molar-refractivity contribution in [2.24, 2.45) is 0 Å². The number of rotatable bonds is 5. The van der Waals surface area contributed by atoms with Crippen LogP contribution in [0.15, 0.2) is 42.7 Å². The van der Waals surface area contributed by atoms with E-state index in [0.29, 0.717) is 36.6 Å². The zero-order valence-electron chi connectivity index (χ0n) is 16.3. The van der Waals surface area contributed by atoms with Gasteiger partial charge in [-0.2, -0.15) is 0 Å². The molecule has 4 rings (SSSR count). The Labute approximate surface area is 180 Å². The van der Waals surface area contributed by atoms with Crippen LogP contribution in [0.1, 0.15) is 38.4 Å². The minimum Gasteiger partial charge on any atom is -0.382 e. The van der Waals surface area contributed by atoms with Crippen LogP contribution in [0.3, 0.4) is 0 Å². The van der Waals surface area contributed by atoms with E-state index in [9.17, 15) is 18.4 Å². The number of carbonyl (C=O) groups excluding carboxylic acids is 2. The van der Waals surface area contributed by atoms with Crippen LogP contribution in [-0.4, -0.2) is 45.7 Å². The van der Waals surface area contributed by atoms with E-state index in [1.165, 1.54) is 6.07 Å². The highest BCUT2D eigenvalue weighted by Gasteiger charge is 2.27. The van der Waals surface area contributed by atoms with Crippen molar-refractivity contribution in [1.29, 1.82) is 0 Å². The minimum atomic E-state index is -0.946. The van der Waals surface area contributed by atoms with Gasteiger partial charge in [-0.3, -0.25) is 14.6 Å². The molecule has 0 spiro atoms. The van der Waals surface area contributed by atoms with E-state index in [2.05, 4.69) is 15.3 Å². The van der Waals surface area contributed by atoms with Gasteiger partial charge in [0, 0.05) is 37.1 Å². The number of benzene rings is 1. The first-order chi connectivity index (χ1) is 14.9. The maximum absolute atomic E-state index is 14.0. The summed E-state index contributed by atoms with van der Waals surface area (Å²) in [6, 6.07) is 6.63. The quantitative estimate of drug-likeness (QED) is 0.587. The van der Waals surface area contributed by atoms with Gasteiger partial charge in [0.1, 0.15) is 22.3 Å². The van der Waals surface area contributed by atoms with Crippen molar-refractivity contribution in [3.05, 3.63) is 70.4 Å². The fourth-order valence-corrected chi connectivity index (χ4v) is 4.37. The Morgan fingerprint density at radius 1 is 1.10 bits per heavy atom. The predicted molar refractivity (Wildman–Crippen MR) is 113 cm³/mol. The highest BCUT2D eigenvalue weighted by molar-refractivity contribution is 7.18. The summed E-state index contributed by atoms with van der Waals surface area (Å²) in [5.41, 5.74) is 5.80. The number of hydrogen-bond donors (Lipinski definition) is 2. The molecule has 1 aliphatic rings. The Morgan fingerprint density at radius 2 is 1.74 bits per heavy atom. The predicted octanol–water partition coefficient (Wildman–Crippen LogP) is 3.35. The molecule has 0 radical (unpaired) electrons. The molecule has 7 nitrogen and oxygen atoms in total. The maximum Gasteiger partial charge on any atom is 0.253 e. The summed E-state index contributed by atoms with van der Waals surface area (Å²) in [5.74, 6) is -2.85. The average Bonchev–Trinajstić information content (AvgIpc) is 3.14. The number of nitrogens with zero attached hydrogens (tertiary/aromatic N) is 3. The molecule has 2 aromatic heterocycles. The van der Waals surface area contributed by atoms with Crippen LogP contribution in [-0.2, 0) is 0 Å². The van der Waals surface area contributed by atoms with Gasteiger partial charge >= 0.3 is 0 Å². The van der Waals surface area contributed by atoms with E-state index in [0.717, 1.165) is 23.5 Å². The molecule has 3 aromatic rings. The Bertz CT molecular complexity index is 1090. The van der Waals surface area contributed by atoms with Crippen LogP contribution in [0.5, 0.6) is 0 Å². The summed E-state index contributed by atoms with van der Waals surface area (Å²) in [6.45, 7) is 1.12. The van der Waals surface area contributed by atoms with E-state index >= 15 is 0 Å². The number of halogens is 2. The van der Waals surface area contributed by atoms with Crippen molar-refractivity contribution in [3.8, 4) is 0 Å². The molecule has 0 bridgehead atoms. The fraction of sp³-hybridized carbons (Fsp3) is 0.238. The fourth-order valence-electron chi connectivity index (χ4n) is 3.46. The van der Waals surface area contributed by atoms with Crippen molar-refractivity contribution in [1.82, 2.24) is 14.9 Å². The third kappa shape index (κ3) is 4.38. The molecule has 0 saturated carbocycles. The van der Waals surface area contributed by atoms with Crippen molar-refractivity contribution >= 4 is 34.0 Å². The molecule has 3 heterocycles. The van der Waals surface area contributed by atoms with Gasteiger partial charge in [-0.05, 0) is 37.1 Å². The van der Waals surface area contributed by atoms with Crippen molar-refractivity contribution in [2.75, 3.05) is 24.1 Å². The molecule has 1 aromatic carbocycles. The van der Waals surface area contributed by atoms with E-state index < -0.39 is 23.0 Å². The third-order valence-corrected chi connectivity index (χ3v) is 6.09. The number of hydrogen-bond acceptors (Lipinski definition) is 7. The van der Waals surface area contributed by atoms with Gasteiger partial charge in [0.15, 0.2) is 5.13 Å². The lowest BCUT2D eigenvalue weighted by molar-refractivity contribution is 0.0718. The molecular formula is C21H19F2N5O2S. The summed E-state index contributed by atoms with van der Waals surface area (Å²) in [4.78, 5) is 35.0. The van der Waals surface area contributed by atoms with Crippen LogP contribution in [0.25, 0.3) is 0 Å². The first-order valence-corrected chi connectivity index (χ1v) is 10.5. The maximum atomic E-state index is 14.0. The molecule has 10 heteroatoms. The number of amides is 1. The second-order valence-corrected chi connectivity index (χ2v) is 8.10. The Balaban J connectivity index is 1.40. The van der Waals surface area contributed by atoms with Crippen molar-refractivity contribution in [3.63, 3.8) is 0 Å². The average molecular weight is 443 g/mol. The number of nitrogens with one attached hydrogen (secondary N) is 1. The third-order valence-electron chi connectivity index (χ3n) is 5.09. The molecular weight excluding hydrogens is 424 g/mol. The molecule has 31 heavy (non-hydrogen) atoms. The number of carbonyl (C=O) groups is 2. The molecule has 1 saturated heterocycles. The number of pyridine rings is 1. The molecule has 0 unspecified atom stereocenters. The molecule has 1 fully saturated rings. The molecule has 160 valence electrons. The highest BCUT2D eigenvalue weighted by Crippen LogP contribution is 2.30. The number of likely N-dealkylation sites (tertiary alicyclic amines) is 1. The Hall–Kier alpha value is -3.40. The second kappa shape index (κ2) is 8.76. The van der Waals surface area contributed by atoms with Crippen molar-refractivity contribution in [2.45, 2.75) is 18.9 Å². The summed E-state index contributed by atoms with van der Waals surface area (Å²) in [7, 11) is 0. The van der Waals surface area contributed by atoms with Gasteiger partial charge in [-0.15, -0.1) is 0 Å². The lowest BCUT2D eigenvalue weighted by Crippen LogP contribution is -2.42. The van der Waals surface area contributed by atoms with Gasteiger partial charge in [0.25, 0.3) is 5.91 Å². The van der Waals surface area contributed by atoms with Gasteiger partial charge in [-0.25, -0.2) is 13.8 Å². The van der Waals surface area contributed by atoms with E-state index in [-0.39, 0.29) is 22.6 Å². The number of thiazole rings is 1. The minimum absolute atomic E-state index is 0.0169. The van der Waals surface area contributed by atoms with E-state index in [1.54, 1.807) is 29.4 Å². The largest absolute Gasteiger partial charge is 0.382 e. The van der Waals surface area contributed by atoms with Crippen LogP contribution in [0.4, 0.5) is 19.7 Å². The number of anilines is 2. The van der Waals surface area contributed by atoms with Crippen LogP contribution in [0, 0.1) is 11.6 Å². The number of nitrogens with two attached hydrogens (primary N) is 1. The number of piperidine rings is 1. The van der Waals surface area contributed by atoms with E-state index in [4.69, 9.17) is 5.73 Å². The summed E-state index contributed by atoms with van der Waals surface area (Å²) >= 11 is 0.960. The smallest absolute Gasteiger partial charge is 0.253 e. The number of aromatic nitrogens is 2. The van der Waals surface area contributed by atoms with Crippen molar-refractivity contribution < 1.29 is 18.4 Å². The zero-order chi connectivity index (χ0) is 22.0. The van der Waals surface area contributed by atoms with Gasteiger partial charge < -0.3 is 16.0 Å². The Morgan fingerprint density at radius 3 is 2.39 bits per heavy atom. The Kier molecular flexibility index (Phi) is 5.90. The summed E-state index contributed by atoms with van der Waals surface area (Å²) < 4.78 is 27.9. The summed E-state index contributed by atoms with van der Waals surface area (Å²) in [6.07, 6.45) is 4.53. The van der Waals surface area contributed by atoms with Gasteiger partial charge in [0.2, 0.25) is 5.78 Å². The number of nitrogen functional groups attached to an aromatic ring is 1. The normalized spacial score (nSPS) is 14.5. The standard InChI is InChI=1S/C21H19F2N5O2S/c22-14-2-1-3-15(23)16(14)17(29)18-19(24)27-21(31-18)26-13-6-10-28(11-7-13)20(30)12-4-8-25-9-5-12/h1-5,8-9,13H,6-7,10-11,24H2,(H,26,27). The topological polar surface area (TPSA) is 101 Å². The van der Waals surface area contributed by atoms with Gasteiger partial charge in [-0.1, -0.05) is 17.4 Å². The van der Waals surface area contributed by atoms with Crippen LogP contribution >= 0.6 is 11.3 Å². The first kappa shape index (κ1) is 20.9. The molecule has 3 N–H and O–H groups in total. The van der Waals surface area contributed by atoms with E-state index in [1.807, 2.05) is 0 Å². The second-order valence-electron chi connectivity index (χ2n) is 7.11. The zero-order valence-corrected chi connectivity index (χ0v) is 17.2. The first-order valence-electron chi connectivity index (χ1n) is 9.65. The lowest BCUT2D eigenvalue weighted by atomic mass is 10.0.